The Bertz CT molecular complexity index is 1280. The summed E-state index contributed by atoms with van der Waals surface area (Å²) in [6.07, 6.45) is 1.33. The number of piperazine rings is 1. The largest absolute Gasteiger partial charge is 0.481 e. The first-order valence-electron chi connectivity index (χ1n) is 10.9. The van der Waals surface area contributed by atoms with Crippen LogP contribution in [0.15, 0.2) is 65.6 Å². The molecule has 10 heteroatoms. The summed E-state index contributed by atoms with van der Waals surface area (Å²) in [6.45, 7) is 2.69. The number of fused-ring (bicyclic) bond motifs is 1. The Labute approximate surface area is 195 Å². The molecule has 0 radical (unpaired) electrons. The molecule has 0 saturated carbocycles. The van der Waals surface area contributed by atoms with Crippen LogP contribution in [0, 0.1) is 5.41 Å². The molecule has 1 aromatic carbocycles. The zero-order valence-electron chi connectivity index (χ0n) is 18.5. The fourth-order valence-electron chi connectivity index (χ4n) is 4.11. The molecule has 1 unspecified atom stereocenters. The van der Waals surface area contributed by atoms with Crippen molar-refractivity contribution in [2.75, 3.05) is 31.1 Å². The summed E-state index contributed by atoms with van der Waals surface area (Å²) in [5.74, 6) is -1.62. The van der Waals surface area contributed by atoms with Crippen molar-refractivity contribution < 1.29 is 14.7 Å². The number of benzene rings is 1. The Kier molecular flexibility index (Phi) is 6.48. The molecule has 1 fully saturated rings. The first-order chi connectivity index (χ1) is 16.3. The molecule has 1 saturated heterocycles. The highest BCUT2D eigenvalue weighted by Gasteiger charge is 2.22. The molecule has 3 aromatic rings. The number of nitrogens with one attached hydrogen (secondary N) is 2. The number of anilines is 1. The number of hydrogen-bond donors (Lipinski definition) is 4. The van der Waals surface area contributed by atoms with Crippen LogP contribution in [0.5, 0.6) is 0 Å². The third-order valence-electron chi connectivity index (χ3n) is 5.95. The standard InChI is InChI=1S/C24H26N6O4/c25-24(26)29-12-10-28(11-13-29)17-8-9-30-18(14-17)6-7-19(23(30)34)22(33)27-20(15-21(31)32)16-4-2-1-3-5-16/h1-9,14,20H,10-13,15H2,(H3,25,26)(H,27,33)(H,31,32). The Morgan fingerprint density at radius 1 is 1.06 bits per heavy atom. The lowest BCUT2D eigenvalue weighted by Crippen LogP contribution is -2.50. The van der Waals surface area contributed by atoms with Gasteiger partial charge >= 0.3 is 5.97 Å². The second-order valence-electron chi connectivity index (χ2n) is 8.13. The average Bonchev–Trinajstić information content (AvgIpc) is 2.84. The topological polar surface area (TPSA) is 144 Å². The van der Waals surface area contributed by atoms with Crippen molar-refractivity contribution >= 4 is 29.0 Å². The zero-order chi connectivity index (χ0) is 24.2. The highest BCUT2D eigenvalue weighted by molar-refractivity contribution is 5.94. The van der Waals surface area contributed by atoms with E-state index >= 15 is 0 Å². The summed E-state index contributed by atoms with van der Waals surface area (Å²) >= 11 is 0. The van der Waals surface area contributed by atoms with Crippen molar-refractivity contribution in [2.45, 2.75) is 12.5 Å². The van der Waals surface area contributed by atoms with Gasteiger partial charge in [-0.15, -0.1) is 0 Å². The maximum Gasteiger partial charge on any atom is 0.305 e. The van der Waals surface area contributed by atoms with Crippen LogP contribution in [-0.2, 0) is 4.79 Å². The minimum atomic E-state index is -1.05. The fourth-order valence-corrected chi connectivity index (χ4v) is 4.11. The third-order valence-corrected chi connectivity index (χ3v) is 5.95. The maximum atomic E-state index is 13.0. The molecular weight excluding hydrogens is 436 g/mol. The number of carboxylic acid groups (broad SMARTS) is 1. The van der Waals surface area contributed by atoms with Crippen molar-refractivity contribution in [3.63, 3.8) is 0 Å². The Morgan fingerprint density at radius 3 is 2.41 bits per heavy atom. The van der Waals surface area contributed by atoms with Gasteiger partial charge in [-0.25, -0.2) is 0 Å². The number of pyridine rings is 2. The SMILES string of the molecule is N=C(N)N1CCN(c2ccn3c(=O)c(C(=O)NC(CC(=O)O)c4ccccc4)ccc3c2)CC1. The molecule has 1 aliphatic heterocycles. The van der Waals surface area contributed by atoms with Crippen molar-refractivity contribution in [3.05, 3.63) is 82.3 Å². The van der Waals surface area contributed by atoms with E-state index in [0.29, 0.717) is 37.3 Å². The van der Waals surface area contributed by atoms with Crippen molar-refractivity contribution in [1.82, 2.24) is 14.6 Å². The lowest BCUT2D eigenvalue weighted by molar-refractivity contribution is -0.137. The molecule has 0 spiro atoms. The van der Waals surface area contributed by atoms with Crippen LogP contribution >= 0.6 is 0 Å². The van der Waals surface area contributed by atoms with E-state index in [9.17, 15) is 19.5 Å². The number of nitrogens with zero attached hydrogens (tertiary/aromatic N) is 3. The van der Waals surface area contributed by atoms with Gasteiger partial charge < -0.3 is 26.0 Å². The van der Waals surface area contributed by atoms with E-state index in [2.05, 4.69) is 10.2 Å². The number of hydrogen-bond acceptors (Lipinski definition) is 5. The summed E-state index contributed by atoms with van der Waals surface area (Å²) in [7, 11) is 0. The van der Waals surface area contributed by atoms with Crippen LogP contribution in [0.4, 0.5) is 5.69 Å². The van der Waals surface area contributed by atoms with Gasteiger partial charge in [0.25, 0.3) is 11.5 Å². The number of nitrogens with two attached hydrogens (primary N) is 1. The van der Waals surface area contributed by atoms with Crippen molar-refractivity contribution in [1.29, 1.82) is 5.41 Å². The van der Waals surface area contributed by atoms with Gasteiger partial charge in [-0.3, -0.25) is 24.2 Å². The fraction of sp³-hybridized carbons (Fsp3) is 0.250. The molecule has 3 heterocycles. The van der Waals surface area contributed by atoms with E-state index in [0.717, 1.165) is 5.69 Å². The predicted octanol–water partition coefficient (Wildman–Crippen LogP) is 1.26. The molecule has 1 aliphatic rings. The Hall–Kier alpha value is -4.34. The van der Waals surface area contributed by atoms with Gasteiger partial charge in [-0.05, 0) is 29.8 Å². The second-order valence-corrected chi connectivity index (χ2v) is 8.13. The van der Waals surface area contributed by atoms with Gasteiger partial charge in [0, 0.05) is 38.1 Å². The minimum Gasteiger partial charge on any atom is -0.481 e. The van der Waals surface area contributed by atoms with E-state index in [1.54, 1.807) is 47.5 Å². The number of aliphatic carboxylic acids is 1. The normalized spacial score (nSPS) is 14.6. The van der Waals surface area contributed by atoms with Crippen molar-refractivity contribution in [3.8, 4) is 0 Å². The molecule has 0 aliphatic carbocycles. The first-order valence-corrected chi connectivity index (χ1v) is 10.9. The molecule has 176 valence electrons. The van der Waals surface area contributed by atoms with E-state index < -0.39 is 23.5 Å². The summed E-state index contributed by atoms with van der Waals surface area (Å²) in [5.41, 5.74) is 7.23. The highest BCUT2D eigenvalue weighted by atomic mass is 16.4. The monoisotopic (exact) mass is 462 g/mol. The Morgan fingerprint density at radius 2 is 1.76 bits per heavy atom. The molecule has 1 atom stereocenters. The van der Waals surface area contributed by atoms with E-state index in [4.69, 9.17) is 11.1 Å². The summed E-state index contributed by atoms with van der Waals surface area (Å²) in [4.78, 5) is 41.2. The van der Waals surface area contributed by atoms with Crippen molar-refractivity contribution in [2.24, 2.45) is 5.73 Å². The molecular formula is C24H26N6O4. The minimum absolute atomic E-state index is 0.0633. The number of aromatic nitrogens is 1. The quantitative estimate of drug-likeness (QED) is 0.319. The number of carbonyl (C=O) groups excluding carboxylic acids is 1. The van der Waals surface area contributed by atoms with Gasteiger partial charge in [0.2, 0.25) is 0 Å². The predicted molar refractivity (Wildman–Crippen MR) is 128 cm³/mol. The number of carboxylic acids is 1. The Balaban J connectivity index is 1.55. The van der Waals surface area contributed by atoms with Crippen LogP contribution in [0.3, 0.4) is 0 Å². The van der Waals surface area contributed by atoms with Gasteiger partial charge in [-0.2, -0.15) is 0 Å². The maximum absolute atomic E-state index is 13.0. The summed E-state index contributed by atoms with van der Waals surface area (Å²) < 4.78 is 1.40. The molecule has 4 rings (SSSR count). The summed E-state index contributed by atoms with van der Waals surface area (Å²) in [6, 6.07) is 14.9. The summed E-state index contributed by atoms with van der Waals surface area (Å²) in [5, 5.41) is 19.5. The first kappa shape index (κ1) is 22.8. The van der Waals surface area contributed by atoms with Crippen LogP contribution in [0.25, 0.3) is 5.52 Å². The zero-order valence-corrected chi connectivity index (χ0v) is 18.5. The molecule has 5 N–H and O–H groups in total. The average molecular weight is 463 g/mol. The number of carbonyl (C=O) groups is 2. The van der Waals surface area contributed by atoms with Crippen LogP contribution in [-0.4, -0.2) is 58.4 Å². The third kappa shape index (κ3) is 4.85. The molecule has 34 heavy (non-hydrogen) atoms. The highest BCUT2D eigenvalue weighted by Crippen LogP contribution is 2.20. The van der Waals surface area contributed by atoms with Gasteiger partial charge in [0.15, 0.2) is 5.96 Å². The lowest BCUT2D eigenvalue weighted by atomic mass is 10.0. The van der Waals surface area contributed by atoms with Crippen LogP contribution in [0.2, 0.25) is 0 Å². The van der Waals surface area contributed by atoms with Gasteiger partial charge in [0.05, 0.1) is 18.0 Å². The molecule has 2 aromatic heterocycles. The second kappa shape index (κ2) is 9.65. The van der Waals surface area contributed by atoms with Crippen LogP contribution < -0.4 is 21.5 Å². The number of guanidine groups is 1. The van der Waals surface area contributed by atoms with E-state index in [-0.39, 0.29) is 17.9 Å². The van der Waals surface area contributed by atoms with Gasteiger partial charge in [-0.1, -0.05) is 30.3 Å². The number of amides is 1. The smallest absolute Gasteiger partial charge is 0.305 e. The molecule has 10 nitrogen and oxygen atoms in total. The van der Waals surface area contributed by atoms with Gasteiger partial charge in [0.1, 0.15) is 5.56 Å². The lowest BCUT2D eigenvalue weighted by Gasteiger charge is -2.36. The van der Waals surface area contributed by atoms with Crippen LogP contribution in [0.1, 0.15) is 28.4 Å². The van der Waals surface area contributed by atoms with E-state index in [1.165, 1.54) is 10.5 Å². The molecule has 1 amide bonds. The number of rotatable bonds is 6. The molecule has 0 bridgehead atoms. The van der Waals surface area contributed by atoms with E-state index in [1.807, 2.05) is 12.1 Å².